The maximum atomic E-state index is 12.6. The Kier molecular flexibility index (Phi) is 4.80. The molecule has 4 rings (SSSR count). The number of nitrogens with zero attached hydrogens (tertiary/aromatic N) is 1. The van der Waals surface area contributed by atoms with E-state index in [0.29, 0.717) is 0 Å². The molecule has 1 amide bonds. The quantitative estimate of drug-likeness (QED) is 0.834. The number of benzene rings is 1. The molecule has 1 aromatic rings. The Morgan fingerprint density at radius 1 is 1.20 bits per heavy atom. The molecule has 2 fully saturated rings. The second-order valence-corrected chi connectivity index (χ2v) is 7.80. The Morgan fingerprint density at radius 3 is 2.68 bits per heavy atom. The van der Waals surface area contributed by atoms with Crippen molar-refractivity contribution in [2.24, 2.45) is 23.7 Å². The minimum Gasteiger partial charge on any atom is -0.495 e. The van der Waals surface area contributed by atoms with Crippen LogP contribution < -0.4 is 10.1 Å². The van der Waals surface area contributed by atoms with Gasteiger partial charge in [-0.2, -0.15) is 0 Å². The third-order valence-corrected chi connectivity index (χ3v) is 6.23. The predicted molar refractivity (Wildman–Crippen MR) is 99.6 cm³/mol. The molecule has 3 atom stereocenters. The first-order valence-corrected chi connectivity index (χ1v) is 9.57. The summed E-state index contributed by atoms with van der Waals surface area (Å²) in [6.45, 7) is 3.30. The first-order valence-electron chi connectivity index (χ1n) is 9.57. The van der Waals surface area contributed by atoms with E-state index in [4.69, 9.17) is 4.74 Å². The molecule has 0 radical (unpaired) electrons. The van der Waals surface area contributed by atoms with Crippen molar-refractivity contribution in [2.45, 2.75) is 25.7 Å². The number of anilines is 1. The predicted octanol–water partition coefficient (Wildman–Crippen LogP) is 3.56. The van der Waals surface area contributed by atoms with Gasteiger partial charge in [0.05, 0.1) is 12.8 Å². The zero-order valence-electron chi connectivity index (χ0n) is 15.0. The van der Waals surface area contributed by atoms with Crippen LogP contribution in [0.3, 0.4) is 0 Å². The van der Waals surface area contributed by atoms with E-state index >= 15 is 0 Å². The van der Waals surface area contributed by atoms with Gasteiger partial charge in [0.2, 0.25) is 5.91 Å². The van der Waals surface area contributed by atoms with Gasteiger partial charge in [-0.25, -0.2) is 0 Å². The maximum Gasteiger partial charge on any atom is 0.227 e. The van der Waals surface area contributed by atoms with Crippen molar-refractivity contribution < 1.29 is 9.53 Å². The molecule has 2 aliphatic carbocycles. The van der Waals surface area contributed by atoms with Crippen LogP contribution in [0.5, 0.6) is 5.75 Å². The molecule has 1 aromatic carbocycles. The van der Waals surface area contributed by atoms with Crippen molar-refractivity contribution in [3.8, 4) is 5.75 Å². The Bertz CT molecular complexity index is 649. The third kappa shape index (κ3) is 3.59. The molecule has 4 heteroatoms. The van der Waals surface area contributed by atoms with Crippen LogP contribution in [-0.4, -0.2) is 37.6 Å². The van der Waals surface area contributed by atoms with Crippen molar-refractivity contribution in [1.29, 1.82) is 0 Å². The lowest BCUT2D eigenvalue weighted by molar-refractivity contribution is -0.121. The van der Waals surface area contributed by atoms with Crippen molar-refractivity contribution in [3.05, 3.63) is 36.4 Å². The minimum absolute atomic E-state index is 0.112. The molecular weight excluding hydrogens is 312 g/mol. The van der Waals surface area contributed by atoms with Crippen LogP contribution in [0.4, 0.5) is 5.69 Å². The molecule has 0 unspecified atom stereocenters. The van der Waals surface area contributed by atoms with E-state index < -0.39 is 0 Å². The number of para-hydroxylation sites is 2. The average molecular weight is 340 g/mol. The van der Waals surface area contributed by atoms with Gasteiger partial charge < -0.3 is 15.0 Å². The standard InChI is InChI=1S/C21H28N2O2/c1-25-20-5-3-2-4-19(20)22-21(24)16-8-10-23(11-9-16)14-18-13-15-6-7-17(18)12-15/h2-7,15-18H,8-14H2,1H3,(H,22,24)/t15-,17-,18+/m0/s1. The first-order chi connectivity index (χ1) is 12.2. The third-order valence-electron chi connectivity index (χ3n) is 6.23. The molecule has 1 aliphatic heterocycles. The van der Waals surface area contributed by atoms with E-state index in [2.05, 4.69) is 22.4 Å². The fourth-order valence-electron chi connectivity index (χ4n) is 4.80. The molecule has 134 valence electrons. The largest absolute Gasteiger partial charge is 0.495 e. The number of piperidine rings is 1. The molecular formula is C21H28N2O2. The Hall–Kier alpha value is -1.81. The fourth-order valence-corrected chi connectivity index (χ4v) is 4.80. The van der Waals surface area contributed by atoms with Crippen LogP contribution in [-0.2, 0) is 4.79 Å². The molecule has 3 aliphatic rings. The lowest BCUT2D eigenvalue weighted by Crippen LogP contribution is -2.41. The number of methoxy groups -OCH3 is 1. The van der Waals surface area contributed by atoms with Crippen LogP contribution >= 0.6 is 0 Å². The summed E-state index contributed by atoms with van der Waals surface area (Å²) in [5, 5.41) is 3.05. The zero-order valence-corrected chi connectivity index (χ0v) is 15.0. The zero-order chi connectivity index (χ0) is 17.2. The normalized spacial score (nSPS) is 29.1. The molecule has 1 saturated carbocycles. The number of hydrogen-bond donors (Lipinski definition) is 1. The minimum atomic E-state index is 0.112. The van der Waals surface area contributed by atoms with Gasteiger partial charge in [-0.05, 0) is 68.7 Å². The van der Waals surface area contributed by atoms with E-state index in [-0.39, 0.29) is 11.8 Å². The lowest BCUT2D eigenvalue weighted by atomic mass is 9.90. The highest BCUT2D eigenvalue weighted by Gasteiger charge is 2.37. The number of amides is 1. The second-order valence-electron chi connectivity index (χ2n) is 7.80. The summed E-state index contributed by atoms with van der Waals surface area (Å²) in [7, 11) is 1.63. The van der Waals surface area contributed by atoms with E-state index in [9.17, 15) is 4.79 Å². The van der Waals surface area contributed by atoms with Crippen molar-refractivity contribution in [1.82, 2.24) is 4.90 Å². The number of nitrogens with one attached hydrogen (secondary N) is 1. The lowest BCUT2D eigenvalue weighted by Gasteiger charge is -2.34. The summed E-state index contributed by atoms with van der Waals surface area (Å²) in [6.07, 6.45) is 9.51. The first kappa shape index (κ1) is 16.6. The summed E-state index contributed by atoms with van der Waals surface area (Å²) < 4.78 is 5.32. The van der Waals surface area contributed by atoms with Crippen LogP contribution in [0, 0.1) is 23.7 Å². The van der Waals surface area contributed by atoms with E-state index in [1.54, 1.807) is 7.11 Å². The highest BCUT2D eigenvalue weighted by atomic mass is 16.5. The van der Waals surface area contributed by atoms with Crippen molar-refractivity contribution in [3.63, 3.8) is 0 Å². The molecule has 1 N–H and O–H groups in total. The van der Waals surface area contributed by atoms with E-state index in [0.717, 1.165) is 55.1 Å². The molecule has 0 aromatic heterocycles. The van der Waals surface area contributed by atoms with Gasteiger partial charge in [0, 0.05) is 12.5 Å². The van der Waals surface area contributed by atoms with Gasteiger partial charge in [-0.1, -0.05) is 24.3 Å². The van der Waals surface area contributed by atoms with Crippen LogP contribution in [0.25, 0.3) is 0 Å². The Balaban J connectivity index is 1.27. The number of hydrogen-bond acceptors (Lipinski definition) is 3. The molecule has 25 heavy (non-hydrogen) atoms. The number of carbonyl (C=O) groups excluding carboxylic acids is 1. The van der Waals surface area contributed by atoms with Gasteiger partial charge in [-0.3, -0.25) is 4.79 Å². The number of ether oxygens (including phenoxy) is 1. The second kappa shape index (κ2) is 7.20. The maximum absolute atomic E-state index is 12.6. The summed E-state index contributed by atoms with van der Waals surface area (Å²) in [6, 6.07) is 7.61. The number of likely N-dealkylation sites (tertiary alicyclic amines) is 1. The van der Waals surface area contributed by atoms with Crippen LogP contribution in [0.1, 0.15) is 25.7 Å². The molecule has 1 saturated heterocycles. The van der Waals surface area contributed by atoms with Gasteiger partial charge in [0.15, 0.2) is 0 Å². The SMILES string of the molecule is COc1ccccc1NC(=O)C1CCN(C[C@H]2C[C@H]3C=C[C@H]2C3)CC1. The van der Waals surface area contributed by atoms with Gasteiger partial charge in [0.1, 0.15) is 5.75 Å². The summed E-state index contributed by atoms with van der Waals surface area (Å²) in [4.78, 5) is 15.2. The van der Waals surface area contributed by atoms with Crippen molar-refractivity contribution in [2.75, 3.05) is 32.1 Å². The molecule has 1 heterocycles. The fraction of sp³-hybridized carbons (Fsp3) is 0.571. The molecule has 4 nitrogen and oxygen atoms in total. The van der Waals surface area contributed by atoms with E-state index in [1.165, 1.54) is 19.4 Å². The highest BCUT2D eigenvalue weighted by Crippen LogP contribution is 2.43. The van der Waals surface area contributed by atoms with Gasteiger partial charge in [0.25, 0.3) is 0 Å². The smallest absolute Gasteiger partial charge is 0.227 e. The summed E-state index contributed by atoms with van der Waals surface area (Å²) in [5.74, 6) is 3.47. The highest BCUT2D eigenvalue weighted by molar-refractivity contribution is 5.94. The number of fused-ring (bicyclic) bond motifs is 2. The summed E-state index contributed by atoms with van der Waals surface area (Å²) >= 11 is 0. The van der Waals surface area contributed by atoms with Gasteiger partial charge >= 0.3 is 0 Å². The molecule has 0 spiro atoms. The number of rotatable bonds is 5. The summed E-state index contributed by atoms with van der Waals surface area (Å²) in [5.41, 5.74) is 0.770. The Morgan fingerprint density at radius 2 is 2.00 bits per heavy atom. The monoisotopic (exact) mass is 340 g/mol. The van der Waals surface area contributed by atoms with Crippen LogP contribution in [0.15, 0.2) is 36.4 Å². The number of allylic oxidation sites excluding steroid dienone is 2. The molecule has 2 bridgehead atoms. The number of carbonyl (C=O) groups is 1. The Labute approximate surface area is 150 Å². The average Bonchev–Trinajstić information content (AvgIpc) is 3.26. The topological polar surface area (TPSA) is 41.6 Å². The van der Waals surface area contributed by atoms with Crippen LogP contribution in [0.2, 0.25) is 0 Å². The van der Waals surface area contributed by atoms with E-state index in [1.807, 2.05) is 24.3 Å². The van der Waals surface area contributed by atoms with Gasteiger partial charge in [-0.15, -0.1) is 0 Å². The van der Waals surface area contributed by atoms with Crippen molar-refractivity contribution >= 4 is 11.6 Å².